The summed E-state index contributed by atoms with van der Waals surface area (Å²) in [6.45, 7) is 0.756. The van der Waals surface area contributed by atoms with E-state index in [9.17, 15) is 10.2 Å². The third kappa shape index (κ3) is 2.20. The zero-order valence-corrected chi connectivity index (χ0v) is 10.9. The van der Waals surface area contributed by atoms with Crippen LogP contribution in [0.4, 0.5) is 0 Å². The molecule has 1 saturated carbocycles. The van der Waals surface area contributed by atoms with Crippen LogP contribution in [-0.2, 0) is 6.54 Å². The minimum absolute atomic E-state index is 0.136. The Morgan fingerprint density at radius 1 is 1.11 bits per heavy atom. The molecule has 1 fully saturated rings. The summed E-state index contributed by atoms with van der Waals surface area (Å²) in [4.78, 5) is 0. The summed E-state index contributed by atoms with van der Waals surface area (Å²) in [6.07, 6.45) is 3.18. The maximum Gasteiger partial charge on any atom is 0.120 e. The molecule has 0 radical (unpaired) electrons. The van der Waals surface area contributed by atoms with Crippen LogP contribution in [0.2, 0.25) is 0 Å². The highest BCUT2D eigenvalue weighted by Crippen LogP contribution is 2.33. The van der Waals surface area contributed by atoms with Crippen molar-refractivity contribution in [3.8, 4) is 5.75 Å². The van der Waals surface area contributed by atoms with E-state index in [4.69, 9.17) is 0 Å². The lowest BCUT2D eigenvalue weighted by Crippen LogP contribution is -2.53. The molecule has 19 heavy (non-hydrogen) atoms. The second-order valence-electron chi connectivity index (χ2n) is 5.43. The molecule has 0 heterocycles. The first-order valence-corrected chi connectivity index (χ1v) is 6.80. The lowest BCUT2D eigenvalue weighted by atomic mass is 9.77. The molecule has 0 atom stereocenters. The van der Waals surface area contributed by atoms with Crippen molar-refractivity contribution in [2.75, 3.05) is 6.61 Å². The summed E-state index contributed by atoms with van der Waals surface area (Å²) >= 11 is 0. The third-order valence-electron chi connectivity index (χ3n) is 4.27. The predicted octanol–water partition coefficient (Wildman–Crippen LogP) is 2.55. The number of rotatable bonds is 4. The fraction of sp³-hybridized carbons (Fsp3) is 0.375. The first kappa shape index (κ1) is 12.5. The van der Waals surface area contributed by atoms with Gasteiger partial charge in [0.2, 0.25) is 0 Å². The number of hydrogen-bond donors (Lipinski definition) is 3. The van der Waals surface area contributed by atoms with Crippen molar-refractivity contribution in [1.82, 2.24) is 5.32 Å². The molecule has 0 bridgehead atoms. The zero-order chi connectivity index (χ0) is 13.3. The predicted molar refractivity (Wildman–Crippen MR) is 76.1 cm³/mol. The SMILES string of the molecule is OCC1(NCc2c(O)ccc3ccccc23)CCC1. The normalized spacial score (nSPS) is 17.3. The molecule has 3 nitrogen and oxygen atoms in total. The van der Waals surface area contributed by atoms with Gasteiger partial charge in [-0.15, -0.1) is 0 Å². The van der Waals surface area contributed by atoms with E-state index in [0.29, 0.717) is 12.3 Å². The molecular weight excluding hydrogens is 238 g/mol. The Morgan fingerprint density at radius 3 is 2.58 bits per heavy atom. The van der Waals surface area contributed by atoms with E-state index in [1.165, 1.54) is 0 Å². The fourth-order valence-electron chi connectivity index (χ4n) is 2.78. The van der Waals surface area contributed by atoms with Crippen LogP contribution in [0.5, 0.6) is 5.75 Å². The second kappa shape index (κ2) is 4.83. The van der Waals surface area contributed by atoms with Crippen LogP contribution in [0, 0.1) is 0 Å². The van der Waals surface area contributed by atoms with Crippen molar-refractivity contribution in [1.29, 1.82) is 0 Å². The molecule has 0 unspecified atom stereocenters. The van der Waals surface area contributed by atoms with E-state index in [1.807, 2.05) is 30.3 Å². The number of phenols is 1. The van der Waals surface area contributed by atoms with Crippen LogP contribution in [0.15, 0.2) is 36.4 Å². The van der Waals surface area contributed by atoms with Gasteiger partial charge in [-0.05, 0) is 36.1 Å². The van der Waals surface area contributed by atoms with Gasteiger partial charge in [-0.3, -0.25) is 0 Å². The third-order valence-corrected chi connectivity index (χ3v) is 4.27. The lowest BCUT2D eigenvalue weighted by Gasteiger charge is -2.41. The largest absolute Gasteiger partial charge is 0.508 e. The van der Waals surface area contributed by atoms with Crippen molar-refractivity contribution < 1.29 is 10.2 Å². The number of fused-ring (bicyclic) bond motifs is 1. The van der Waals surface area contributed by atoms with E-state index in [1.54, 1.807) is 6.07 Å². The van der Waals surface area contributed by atoms with Gasteiger partial charge in [-0.25, -0.2) is 0 Å². The molecule has 0 aromatic heterocycles. The van der Waals surface area contributed by atoms with E-state index >= 15 is 0 Å². The summed E-state index contributed by atoms with van der Waals surface area (Å²) in [7, 11) is 0. The van der Waals surface area contributed by atoms with E-state index in [0.717, 1.165) is 35.6 Å². The van der Waals surface area contributed by atoms with E-state index < -0.39 is 0 Å². The van der Waals surface area contributed by atoms with Crippen LogP contribution in [-0.4, -0.2) is 22.4 Å². The van der Waals surface area contributed by atoms with E-state index in [2.05, 4.69) is 5.32 Å². The van der Waals surface area contributed by atoms with Gasteiger partial charge < -0.3 is 15.5 Å². The molecule has 3 N–H and O–H groups in total. The molecule has 0 aliphatic heterocycles. The average molecular weight is 257 g/mol. The molecule has 1 aliphatic carbocycles. The topological polar surface area (TPSA) is 52.5 Å². The molecule has 1 aliphatic rings. The van der Waals surface area contributed by atoms with Gasteiger partial charge in [0.15, 0.2) is 0 Å². The molecule has 0 saturated heterocycles. The number of benzene rings is 2. The zero-order valence-electron chi connectivity index (χ0n) is 10.9. The smallest absolute Gasteiger partial charge is 0.120 e. The Labute approximate surface area is 112 Å². The van der Waals surface area contributed by atoms with Gasteiger partial charge in [0.25, 0.3) is 0 Å². The number of hydrogen-bond acceptors (Lipinski definition) is 3. The standard InChI is InChI=1S/C16H19NO2/c18-11-16(8-3-9-16)17-10-14-13-5-2-1-4-12(13)6-7-15(14)19/h1-2,4-7,17-19H,3,8-11H2. The summed E-state index contributed by atoms with van der Waals surface area (Å²) in [6, 6.07) is 11.7. The van der Waals surface area contributed by atoms with Crippen LogP contribution >= 0.6 is 0 Å². The summed E-state index contributed by atoms with van der Waals surface area (Å²) in [5.41, 5.74) is 0.779. The van der Waals surface area contributed by atoms with Crippen LogP contribution in [0.1, 0.15) is 24.8 Å². The summed E-state index contributed by atoms with van der Waals surface area (Å²) in [5.74, 6) is 0.318. The van der Waals surface area contributed by atoms with Crippen LogP contribution in [0.3, 0.4) is 0 Å². The lowest BCUT2D eigenvalue weighted by molar-refractivity contribution is 0.0871. The van der Waals surface area contributed by atoms with Gasteiger partial charge in [0.05, 0.1) is 6.61 Å². The van der Waals surface area contributed by atoms with Gasteiger partial charge in [-0.2, -0.15) is 0 Å². The Morgan fingerprint density at radius 2 is 1.89 bits per heavy atom. The van der Waals surface area contributed by atoms with Crippen molar-refractivity contribution in [3.63, 3.8) is 0 Å². The van der Waals surface area contributed by atoms with E-state index in [-0.39, 0.29) is 12.1 Å². The first-order chi connectivity index (χ1) is 9.24. The quantitative estimate of drug-likeness (QED) is 0.789. The number of aliphatic hydroxyl groups excluding tert-OH is 1. The molecule has 3 heteroatoms. The molecule has 2 aromatic rings. The molecular formula is C16H19NO2. The van der Waals surface area contributed by atoms with Gasteiger partial charge >= 0.3 is 0 Å². The minimum atomic E-state index is -0.136. The highest BCUT2D eigenvalue weighted by molar-refractivity contribution is 5.87. The molecule has 0 amide bonds. The average Bonchev–Trinajstić information content (AvgIpc) is 2.40. The van der Waals surface area contributed by atoms with Crippen molar-refractivity contribution >= 4 is 10.8 Å². The Hall–Kier alpha value is -1.58. The summed E-state index contributed by atoms with van der Waals surface area (Å²) < 4.78 is 0. The fourth-order valence-corrected chi connectivity index (χ4v) is 2.78. The van der Waals surface area contributed by atoms with Crippen molar-refractivity contribution in [2.45, 2.75) is 31.3 Å². The Balaban J connectivity index is 1.89. The number of aromatic hydroxyl groups is 1. The summed E-state index contributed by atoms with van der Waals surface area (Å²) in [5, 5.41) is 25.2. The molecule has 3 rings (SSSR count). The van der Waals surface area contributed by atoms with Gasteiger partial charge in [0.1, 0.15) is 5.75 Å². The van der Waals surface area contributed by atoms with Crippen molar-refractivity contribution in [3.05, 3.63) is 42.0 Å². The Kier molecular flexibility index (Phi) is 3.17. The number of nitrogens with one attached hydrogen (secondary N) is 1. The second-order valence-corrected chi connectivity index (χ2v) is 5.43. The van der Waals surface area contributed by atoms with Crippen LogP contribution in [0.25, 0.3) is 10.8 Å². The molecule has 2 aromatic carbocycles. The Bertz CT molecular complexity index is 585. The minimum Gasteiger partial charge on any atom is -0.508 e. The monoisotopic (exact) mass is 257 g/mol. The molecule has 0 spiro atoms. The van der Waals surface area contributed by atoms with Crippen molar-refractivity contribution in [2.24, 2.45) is 0 Å². The maximum atomic E-state index is 10.1. The first-order valence-electron chi connectivity index (χ1n) is 6.80. The number of phenolic OH excluding ortho intramolecular Hbond substituents is 1. The van der Waals surface area contributed by atoms with Crippen LogP contribution < -0.4 is 5.32 Å². The maximum absolute atomic E-state index is 10.1. The number of aliphatic hydroxyl groups is 1. The highest BCUT2D eigenvalue weighted by Gasteiger charge is 2.35. The highest BCUT2D eigenvalue weighted by atomic mass is 16.3. The molecule has 100 valence electrons. The van der Waals surface area contributed by atoms with Gasteiger partial charge in [0, 0.05) is 17.6 Å². The van der Waals surface area contributed by atoms with Gasteiger partial charge in [-0.1, -0.05) is 30.3 Å².